The highest BCUT2D eigenvalue weighted by molar-refractivity contribution is 6.12. The van der Waals surface area contributed by atoms with Crippen LogP contribution in [0.1, 0.15) is 24.0 Å². The Bertz CT molecular complexity index is 1110. The van der Waals surface area contributed by atoms with Gasteiger partial charge in [0.25, 0.3) is 0 Å². The lowest BCUT2D eigenvalue weighted by Crippen LogP contribution is -2.38. The number of methoxy groups -OCH3 is 2. The van der Waals surface area contributed by atoms with Gasteiger partial charge in [-0.3, -0.25) is 4.79 Å². The molecule has 5 nitrogen and oxygen atoms in total. The first-order valence-corrected chi connectivity index (χ1v) is 9.29. The normalized spacial score (nSPS) is 18.7. The van der Waals surface area contributed by atoms with Crippen LogP contribution in [0.4, 0.5) is 5.69 Å². The molecule has 3 aromatic carbocycles. The molecule has 2 heterocycles. The molecular weight excluding hydrogens is 340 g/mol. The number of ether oxygens (including phenoxy) is 2. The number of carbonyl (C=O) groups excluding carboxylic acids is 1. The average molecular weight is 362 g/mol. The van der Waals surface area contributed by atoms with Crippen molar-refractivity contribution in [2.75, 3.05) is 20.0 Å². The summed E-state index contributed by atoms with van der Waals surface area (Å²) in [5, 5.41) is 4.54. The van der Waals surface area contributed by atoms with Gasteiger partial charge < -0.3 is 20.1 Å². The highest BCUT2D eigenvalue weighted by Crippen LogP contribution is 2.44. The smallest absolute Gasteiger partial charge is 0.223 e. The maximum absolute atomic E-state index is 12.4. The molecule has 0 unspecified atom stereocenters. The van der Waals surface area contributed by atoms with E-state index in [2.05, 4.69) is 6.07 Å². The first-order chi connectivity index (χ1) is 13.1. The Labute approximate surface area is 157 Å². The fourth-order valence-corrected chi connectivity index (χ4v) is 4.77. The minimum absolute atomic E-state index is 0.261. The lowest BCUT2D eigenvalue weighted by atomic mass is 9.85. The van der Waals surface area contributed by atoms with Gasteiger partial charge in [0.2, 0.25) is 5.91 Å². The van der Waals surface area contributed by atoms with E-state index < -0.39 is 0 Å². The van der Waals surface area contributed by atoms with Crippen LogP contribution in [-0.2, 0) is 17.8 Å². The maximum Gasteiger partial charge on any atom is 0.223 e. The number of hydrogen-bond acceptors (Lipinski definition) is 4. The van der Waals surface area contributed by atoms with E-state index in [1.165, 1.54) is 16.5 Å². The van der Waals surface area contributed by atoms with Crippen molar-refractivity contribution in [3.8, 4) is 11.5 Å². The molecular formula is C22H22N2O3. The van der Waals surface area contributed by atoms with Gasteiger partial charge in [0.1, 0.15) is 0 Å². The Balaban J connectivity index is 1.89. The van der Waals surface area contributed by atoms with Crippen molar-refractivity contribution < 1.29 is 14.3 Å². The highest BCUT2D eigenvalue weighted by atomic mass is 16.5. The van der Waals surface area contributed by atoms with Crippen molar-refractivity contribution in [3.05, 3.63) is 41.5 Å². The summed E-state index contributed by atoms with van der Waals surface area (Å²) in [6.07, 6.45) is 2.49. The first-order valence-electron chi connectivity index (χ1n) is 9.29. The molecule has 1 amide bonds. The third-order valence-electron chi connectivity index (χ3n) is 6.09. The minimum Gasteiger partial charge on any atom is -0.493 e. The van der Waals surface area contributed by atoms with Gasteiger partial charge in [-0.15, -0.1) is 0 Å². The van der Waals surface area contributed by atoms with Crippen LogP contribution in [0.3, 0.4) is 0 Å². The van der Waals surface area contributed by atoms with Gasteiger partial charge >= 0.3 is 0 Å². The summed E-state index contributed by atoms with van der Waals surface area (Å²) in [7, 11) is 3.29. The van der Waals surface area contributed by atoms with Gasteiger partial charge in [-0.25, -0.2) is 0 Å². The second-order valence-corrected chi connectivity index (χ2v) is 7.43. The Morgan fingerprint density at radius 2 is 1.67 bits per heavy atom. The van der Waals surface area contributed by atoms with Crippen molar-refractivity contribution >= 4 is 33.1 Å². The molecule has 1 fully saturated rings. The third kappa shape index (κ3) is 2.27. The van der Waals surface area contributed by atoms with Crippen LogP contribution >= 0.6 is 0 Å². The molecule has 0 spiro atoms. The Morgan fingerprint density at radius 1 is 0.963 bits per heavy atom. The predicted octanol–water partition coefficient (Wildman–Crippen LogP) is 3.64. The number of fused-ring (bicyclic) bond motifs is 7. The second-order valence-electron chi connectivity index (χ2n) is 7.43. The second kappa shape index (κ2) is 5.78. The van der Waals surface area contributed by atoms with Crippen LogP contribution in [0.15, 0.2) is 30.3 Å². The Kier molecular flexibility index (Phi) is 3.47. The fraction of sp³-hybridized carbons (Fsp3) is 0.318. The van der Waals surface area contributed by atoms with Gasteiger partial charge in [-0.05, 0) is 69.8 Å². The average Bonchev–Trinajstić information content (AvgIpc) is 3.05. The van der Waals surface area contributed by atoms with E-state index in [0.29, 0.717) is 30.5 Å². The minimum atomic E-state index is 0.261. The van der Waals surface area contributed by atoms with Crippen molar-refractivity contribution in [3.63, 3.8) is 0 Å². The molecule has 1 saturated heterocycles. The van der Waals surface area contributed by atoms with Gasteiger partial charge in [0.05, 0.1) is 14.2 Å². The molecule has 0 aliphatic carbocycles. The number of nitrogens with zero attached hydrogens (tertiary/aromatic N) is 1. The summed E-state index contributed by atoms with van der Waals surface area (Å²) in [5.74, 6) is 1.65. The summed E-state index contributed by atoms with van der Waals surface area (Å²) in [6.45, 7) is 0.658. The molecule has 3 aromatic rings. The molecule has 0 bridgehead atoms. The first kappa shape index (κ1) is 16.2. The molecule has 27 heavy (non-hydrogen) atoms. The van der Waals surface area contributed by atoms with E-state index in [0.717, 1.165) is 34.7 Å². The summed E-state index contributed by atoms with van der Waals surface area (Å²) in [4.78, 5) is 14.4. The predicted molar refractivity (Wildman–Crippen MR) is 106 cm³/mol. The van der Waals surface area contributed by atoms with Crippen molar-refractivity contribution in [2.45, 2.75) is 31.8 Å². The van der Waals surface area contributed by atoms with Gasteiger partial charge in [0.15, 0.2) is 11.5 Å². The number of nitrogen functional groups attached to an aromatic ring is 1. The molecule has 0 radical (unpaired) electrons. The van der Waals surface area contributed by atoms with Crippen LogP contribution in [0, 0.1) is 0 Å². The lowest BCUT2D eigenvalue weighted by Gasteiger charge is -2.33. The van der Waals surface area contributed by atoms with E-state index in [4.69, 9.17) is 15.2 Å². The lowest BCUT2D eigenvalue weighted by molar-refractivity contribution is -0.129. The summed E-state index contributed by atoms with van der Waals surface area (Å²) < 4.78 is 11.1. The molecule has 2 N–H and O–H groups in total. The Hall–Kier alpha value is -2.95. The fourth-order valence-electron chi connectivity index (χ4n) is 4.77. The van der Waals surface area contributed by atoms with Crippen molar-refractivity contribution in [1.82, 2.24) is 4.90 Å². The quantitative estimate of drug-likeness (QED) is 0.558. The van der Waals surface area contributed by atoms with E-state index in [-0.39, 0.29) is 5.91 Å². The number of benzene rings is 3. The summed E-state index contributed by atoms with van der Waals surface area (Å²) in [6, 6.07) is 10.5. The number of nitrogens with two attached hydrogens (primary N) is 1. The van der Waals surface area contributed by atoms with Crippen LogP contribution < -0.4 is 15.2 Å². The largest absolute Gasteiger partial charge is 0.493 e. The van der Waals surface area contributed by atoms with E-state index in [1.807, 2.05) is 29.2 Å². The molecule has 0 saturated carbocycles. The molecule has 138 valence electrons. The highest BCUT2D eigenvalue weighted by Gasteiger charge is 2.36. The van der Waals surface area contributed by atoms with Crippen LogP contribution in [0.25, 0.3) is 21.5 Å². The topological polar surface area (TPSA) is 64.8 Å². The molecule has 2 aliphatic rings. The molecule has 1 atom stereocenters. The van der Waals surface area contributed by atoms with Gasteiger partial charge in [-0.2, -0.15) is 0 Å². The standard InChI is InChI=1S/C22H22N2O3/c1-26-20-9-17-15-7-12(23)3-5-14(15)16-8-13-4-6-22(25)24(13)11-19(16)18(17)10-21(20)27-2/h3,5,7,9-10,13H,4,6,8,11,23H2,1-2H3/t13-/m0/s1. The third-order valence-corrected chi connectivity index (χ3v) is 6.09. The number of anilines is 1. The monoisotopic (exact) mass is 362 g/mol. The van der Waals surface area contributed by atoms with Crippen LogP contribution in [0.2, 0.25) is 0 Å². The number of rotatable bonds is 2. The summed E-state index contributed by atoms with van der Waals surface area (Å²) >= 11 is 0. The summed E-state index contributed by atoms with van der Waals surface area (Å²) in [5.41, 5.74) is 9.41. The maximum atomic E-state index is 12.4. The van der Waals surface area contributed by atoms with Gasteiger partial charge in [0, 0.05) is 24.7 Å². The van der Waals surface area contributed by atoms with Crippen molar-refractivity contribution in [2.24, 2.45) is 0 Å². The van der Waals surface area contributed by atoms with E-state index >= 15 is 0 Å². The number of carbonyl (C=O) groups is 1. The molecule has 5 rings (SSSR count). The zero-order valence-electron chi connectivity index (χ0n) is 15.5. The molecule has 2 aliphatic heterocycles. The van der Waals surface area contributed by atoms with Crippen LogP contribution in [0.5, 0.6) is 11.5 Å². The van der Waals surface area contributed by atoms with E-state index in [9.17, 15) is 4.79 Å². The number of hydrogen-bond donors (Lipinski definition) is 1. The van der Waals surface area contributed by atoms with Crippen LogP contribution in [-0.4, -0.2) is 31.1 Å². The number of amides is 1. The SMILES string of the molecule is COc1cc2c3c(c4ccc(N)cc4c2cc1OC)C[C@@H]1CCC(=O)N1C3. The van der Waals surface area contributed by atoms with Gasteiger partial charge in [-0.1, -0.05) is 6.07 Å². The zero-order chi connectivity index (χ0) is 18.7. The van der Waals surface area contributed by atoms with E-state index in [1.54, 1.807) is 14.2 Å². The Morgan fingerprint density at radius 3 is 2.41 bits per heavy atom. The zero-order valence-corrected chi connectivity index (χ0v) is 15.5. The molecule has 5 heteroatoms. The van der Waals surface area contributed by atoms with Crippen molar-refractivity contribution in [1.29, 1.82) is 0 Å². The molecule has 0 aromatic heterocycles.